The summed E-state index contributed by atoms with van der Waals surface area (Å²) in [6.07, 6.45) is -3.52. The van der Waals surface area contributed by atoms with Crippen LogP contribution in [0.5, 0.6) is 0 Å². The van der Waals surface area contributed by atoms with E-state index in [1.807, 2.05) is 0 Å². The van der Waals surface area contributed by atoms with Gasteiger partial charge in [-0.05, 0) is 30.7 Å². The van der Waals surface area contributed by atoms with Gasteiger partial charge in [0.1, 0.15) is 17.3 Å². The van der Waals surface area contributed by atoms with Crippen LogP contribution in [-0.2, 0) is 19.8 Å². The van der Waals surface area contributed by atoms with Crippen LogP contribution in [0.1, 0.15) is 16.8 Å². The summed E-state index contributed by atoms with van der Waals surface area (Å²) >= 11 is 0. The molecule has 1 aromatic carbocycles. The van der Waals surface area contributed by atoms with Crippen molar-refractivity contribution in [2.24, 2.45) is 7.05 Å². The summed E-state index contributed by atoms with van der Waals surface area (Å²) in [4.78, 5) is 3.82. The fraction of sp³-hybridized carbons (Fsp3) is 0.222. The molecule has 148 valence electrons. The number of aryl methyl sites for hydroxylation is 2. The molecular weight excluding hydrogens is 386 g/mol. The molecule has 0 fully saturated rings. The molecule has 4 nitrogen and oxygen atoms in total. The van der Waals surface area contributed by atoms with Gasteiger partial charge in [0.05, 0.1) is 17.6 Å². The van der Waals surface area contributed by atoms with Gasteiger partial charge in [-0.15, -0.1) is 0 Å². The number of nitrogens with zero attached hydrogens (tertiary/aromatic N) is 3. The van der Waals surface area contributed by atoms with Gasteiger partial charge in [0.2, 0.25) is 0 Å². The van der Waals surface area contributed by atoms with Crippen LogP contribution in [-0.4, -0.2) is 14.8 Å². The lowest BCUT2D eigenvalue weighted by Gasteiger charge is -2.10. The number of hydrogen-bond donors (Lipinski definition) is 1. The highest BCUT2D eigenvalue weighted by molar-refractivity contribution is 5.59. The van der Waals surface area contributed by atoms with Gasteiger partial charge in [-0.2, -0.15) is 18.3 Å². The maximum absolute atomic E-state index is 14.4. The lowest BCUT2D eigenvalue weighted by molar-refractivity contribution is -0.141. The fourth-order valence-corrected chi connectivity index (χ4v) is 2.64. The third-order valence-corrected chi connectivity index (χ3v) is 4.01. The van der Waals surface area contributed by atoms with E-state index < -0.39 is 29.3 Å². The van der Waals surface area contributed by atoms with Crippen molar-refractivity contribution < 1.29 is 26.3 Å². The Labute approximate surface area is 155 Å². The molecule has 0 aliphatic rings. The van der Waals surface area contributed by atoms with Crippen molar-refractivity contribution in [2.45, 2.75) is 19.6 Å². The molecule has 0 saturated carbocycles. The van der Waals surface area contributed by atoms with Crippen molar-refractivity contribution >= 4 is 5.69 Å². The number of alkyl halides is 3. The minimum absolute atomic E-state index is 0.110. The van der Waals surface area contributed by atoms with E-state index in [1.54, 1.807) is 6.92 Å². The Morgan fingerprint density at radius 2 is 1.64 bits per heavy atom. The Morgan fingerprint density at radius 1 is 1.00 bits per heavy atom. The van der Waals surface area contributed by atoms with Gasteiger partial charge < -0.3 is 5.32 Å². The summed E-state index contributed by atoms with van der Waals surface area (Å²) in [5.41, 5.74) is -1.35. The van der Waals surface area contributed by atoms with Gasteiger partial charge in [-0.25, -0.2) is 18.2 Å². The van der Waals surface area contributed by atoms with E-state index in [1.165, 1.54) is 19.2 Å². The smallest absolute Gasteiger partial charge is 0.379 e. The monoisotopic (exact) mass is 400 g/mol. The predicted molar refractivity (Wildman–Crippen MR) is 89.8 cm³/mol. The Bertz CT molecular complexity index is 1000. The average molecular weight is 400 g/mol. The van der Waals surface area contributed by atoms with E-state index in [0.29, 0.717) is 11.6 Å². The number of anilines is 1. The van der Waals surface area contributed by atoms with Gasteiger partial charge in [-0.1, -0.05) is 0 Å². The minimum atomic E-state index is -4.67. The van der Waals surface area contributed by atoms with E-state index in [0.717, 1.165) is 16.9 Å². The molecule has 3 rings (SSSR count). The lowest BCUT2D eigenvalue weighted by Crippen LogP contribution is -2.07. The molecule has 0 bridgehead atoms. The predicted octanol–water partition coefficient (Wildman–Crippen LogP) is 4.84. The molecule has 10 heteroatoms. The highest BCUT2D eigenvalue weighted by Crippen LogP contribution is 2.32. The number of aromatic nitrogens is 3. The van der Waals surface area contributed by atoms with Gasteiger partial charge in [0.15, 0.2) is 11.5 Å². The second kappa shape index (κ2) is 7.17. The second-order valence-electron chi connectivity index (χ2n) is 6.15. The molecule has 0 aliphatic carbocycles. The first-order valence-electron chi connectivity index (χ1n) is 8.02. The lowest BCUT2D eigenvalue weighted by atomic mass is 10.1. The summed E-state index contributed by atoms with van der Waals surface area (Å²) in [5, 5.41) is 5.95. The topological polar surface area (TPSA) is 42.7 Å². The molecule has 0 spiro atoms. The Morgan fingerprint density at radius 3 is 2.18 bits per heavy atom. The molecule has 3 aromatic rings. The zero-order chi connectivity index (χ0) is 20.6. The summed E-state index contributed by atoms with van der Waals surface area (Å²) in [7, 11) is 1.24. The van der Waals surface area contributed by atoms with Crippen molar-refractivity contribution in [1.82, 2.24) is 14.8 Å². The molecule has 0 radical (unpaired) electrons. The second-order valence-corrected chi connectivity index (χ2v) is 6.15. The van der Waals surface area contributed by atoms with Crippen molar-refractivity contribution in [3.8, 4) is 11.4 Å². The first kappa shape index (κ1) is 19.7. The van der Waals surface area contributed by atoms with E-state index in [-0.39, 0.29) is 29.2 Å². The number of benzene rings is 1. The maximum atomic E-state index is 14.4. The van der Waals surface area contributed by atoms with Gasteiger partial charge >= 0.3 is 6.18 Å². The van der Waals surface area contributed by atoms with Gasteiger partial charge in [0.25, 0.3) is 0 Å². The summed E-state index contributed by atoms with van der Waals surface area (Å²) in [5.74, 6) is -2.40. The van der Waals surface area contributed by atoms with E-state index in [9.17, 15) is 26.3 Å². The largest absolute Gasteiger partial charge is 0.435 e. The first-order chi connectivity index (χ1) is 13.1. The normalized spacial score (nSPS) is 11.7. The third kappa shape index (κ3) is 3.95. The van der Waals surface area contributed by atoms with E-state index in [4.69, 9.17) is 0 Å². The van der Waals surface area contributed by atoms with Crippen LogP contribution in [0.3, 0.4) is 0 Å². The quantitative estimate of drug-likeness (QED) is 0.638. The highest BCUT2D eigenvalue weighted by atomic mass is 19.4. The Balaban J connectivity index is 1.83. The standard InChI is InChI=1S/C18H14F6N4/c1-9-3-12(19)11(13(20)4-9)8-25-10-5-14(21)17(26-7-10)15-6-16(18(22,23)24)27-28(15)2/h3-7,25H,8H2,1-2H3. The summed E-state index contributed by atoms with van der Waals surface area (Å²) in [6, 6.07) is 4.01. The molecular formula is C18H14F6N4. The zero-order valence-corrected chi connectivity index (χ0v) is 14.7. The SMILES string of the molecule is Cc1cc(F)c(CNc2cnc(-c3cc(C(F)(F)F)nn3C)c(F)c2)c(F)c1. The molecule has 28 heavy (non-hydrogen) atoms. The molecule has 1 N–H and O–H groups in total. The number of nitrogens with one attached hydrogen (secondary N) is 1. The Hall–Kier alpha value is -3.04. The minimum Gasteiger partial charge on any atom is -0.379 e. The molecule has 2 heterocycles. The fourth-order valence-electron chi connectivity index (χ4n) is 2.64. The van der Waals surface area contributed by atoms with Crippen LogP contribution in [0.25, 0.3) is 11.4 Å². The van der Waals surface area contributed by atoms with Gasteiger partial charge in [0, 0.05) is 25.2 Å². The first-order valence-corrected chi connectivity index (χ1v) is 8.02. The number of rotatable bonds is 4. The molecule has 0 aliphatic heterocycles. The molecule has 0 saturated heterocycles. The maximum Gasteiger partial charge on any atom is 0.435 e. The van der Waals surface area contributed by atoms with Crippen molar-refractivity contribution in [1.29, 1.82) is 0 Å². The zero-order valence-electron chi connectivity index (χ0n) is 14.7. The van der Waals surface area contributed by atoms with Crippen LogP contribution >= 0.6 is 0 Å². The van der Waals surface area contributed by atoms with Crippen LogP contribution in [0.15, 0.2) is 30.5 Å². The van der Waals surface area contributed by atoms with E-state index >= 15 is 0 Å². The summed E-state index contributed by atoms with van der Waals surface area (Å²) < 4.78 is 81.2. The van der Waals surface area contributed by atoms with Gasteiger partial charge in [-0.3, -0.25) is 4.68 Å². The molecule has 0 atom stereocenters. The van der Waals surface area contributed by atoms with E-state index in [2.05, 4.69) is 15.4 Å². The molecule has 0 amide bonds. The van der Waals surface area contributed by atoms with Crippen LogP contribution < -0.4 is 5.32 Å². The van der Waals surface area contributed by atoms with Crippen molar-refractivity contribution in [3.05, 3.63) is 64.7 Å². The van der Waals surface area contributed by atoms with Crippen LogP contribution in [0.2, 0.25) is 0 Å². The average Bonchev–Trinajstić information content (AvgIpc) is 2.96. The van der Waals surface area contributed by atoms with Crippen molar-refractivity contribution in [2.75, 3.05) is 5.32 Å². The number of pyridine rings is 1. The highest BCUT2D eigenvalue weighted by Gasteiger charge is 2.35. The third-order valence-electron chi connectivity index (χ3n) is 4.01. The Kier molecular flexibility index (Phi) is 5.05. The van der Waals surface area contributed by atoms with Crippen LogP contribution in [0.4, 0.5) is 32.0 Å². The molecule has 0 unspecified atom stereocenters. The number of halogens is 6. The molecule has 2 aromatic heterocycles. The number of hydrogen-bond acceptors (Lipinski definition) is 3. The van der Waals surface area contributed by atoms with Crippen molar-refractivity contribution in [3.63, 3.8) is 0 Å². The summed E-state index contributed by atoms with van der Waals surface area (Å²) in [6.45, 7) is 1.28. The van der Waals surface area contributed by atoms with Crippen LogP contribution in [0, 0.1) is 24.4 Å².